The standard InChI is InChI=1S/C19H19Cl2NO3/c1-3-25-19(24)14-6-11(4-5-18(14)23)15-9-22(2)10-16-13(15)7-12(20)8-17(16)21/h4-8,15,23H,3,9-10H2,1-2H3. The van der Waals surface area contributed by atoms with E-state index in [1.54, 1.807) is 19.1 Å². The van der Waals surface area contributed by atoms with Gasteiger partial charge in [0.25, 0.3) is 0 Å². The van der Waals surface area contributed by atoms with Crippen molar-refractivity contribution >= 4 is 29.2 Å². The number of halogens is 2. The number of ether oxygens (including phenoxy) is 1. The van der Waals surface area contributed by atoms with Gasteiger partial charge in [0.15, 0.2) is 0 Å². The second kappa shape index (κ2) is 7.24. The number of carbonyl (C=O) groups is 1. The molecule has 1 unspecified atom stereocenters. The molecule has 6 heteroatoms. The van der Waals surface area contributed by atoms with Crippen LogP contribution in [0.15, 0.2) is 30.3 Å². The highest BCUT2D eigenvalue weighted by molar-refractivity contribution is 6.35. The van der Waals surface area contributed by atoms with E-state index >= 15 is 0 Å². The summed E-state index contributed by atoms with van der Waals surface area (Å²) in [5.74, 6) is -0.621. The van der Waals surface area contributed by atoms with Crippen LogP contribution in [0.1, 0.15) is 39.9 Å². The number of fused-ring (bicyclic) bond motifs is 1. The second-order valence-corrected chi connectivity index (χ2v) is 7.05. The molecule has 1 aliphatic rings. The van der Waals surface area contributed by atoms with Gasteiger partial charge in [0.1, 0.15) is 11.3 Å². The second-order valence-electron chi connectivity index (χ2n) is 6.20. The number of hydrogen-bond donors (Lipinski definition) is 1. The number of esters is 1. The Labute approximate surface area is 156 Å². The van der Waals surface area contributed by atoms with Crippen LogP contribution in [0.4, 0.5) is 0 Å². The van der Waals surface area contributed by atoms with Crippen molar-refractivity contribution in [1.29, 1.82) is 0 Å². The average Bonchev–Trinajstić information content (AvgIpc) is 2.56. The van der Waals surface area contributed by atoms with E-state index in [2.05, 4.69) is 4.90 Å². The van der Waals surface area contributed by atoms with Crippen LogP contribution in [-0.4, -0.2) is 36.2 Å². The van der Waals surface area contributed by atoms with E-state index in [4.69, 9.17) is 27.9 Å². The van der Waals surface area contributed by atoms with E-state index in [9.17, 15) is 9.90 Å². The Morgan fingerprint density at radius 2 is 2.08 bits per heavy atom. The molecule has 0 aromatic heterocycles. The van der Waals surface area contributed by atoms with Crippen LogP contribution in [0.25, 0.3) is 0 Å². The van der Waals surface area contributed by atoms with E-state index in [1.807, 2.05) is 19.2 Å². The molecule has 2 aromatic rings. The predicted octanol–water partition coefficient (Wildman–Crippen LogP) is 4.45. The molecule has 25 heavy (non-hydrogen) atoms. The Morgan fingerprint density at radius 1 is 1.32 bits per heavy atom. The van der Waals surface area contributed by atoms with Crippen LogP contribution >= 0.6 is 23.2 Å². The number of rotatable bonds is 3. The predicted molar refractivity (Wildman–Crippen MR) is 98.7 cm³/mol. The largest absolute Gasteiger partial charge is 0.507 e. The van der Waals surface area contributed by atoms with Crippen molar-refractivity contribution in [2.75, 3.05) is 20.2 Å². The quantitative estimate of drug-likeness (QED) is 0.800. The zero-order valence-corrected chi connectivity index (χ0v) is 15.6. The Kier molecular flexibility index (Phi) is 5.23. The van der Waals surface area contributed by atoms with E-state index in [0.717, 1.165) is 29.8 Å². The number of aromatic hydroxyl groups is 1. The fourth-order valence-corrected chi connectivity index (χ4v) is 3.84. The van der Waals surface area contributed by atoms with E-state index in [-0.39, 0.29) is 23.8 Å². The first-order valence-corrected chi connectivity index (χ1v) is 8.82. The zero-order chi connectivity index (χ0) is 18.1. The molecular formula is C19H19Cl2NO3. The van der Waals surface area contributed by atoms with Gasteiger partial charge in [-0.3, -0.25) is 0 Å². The molecule has 0 saturated heterocycles. The van der Waals surface area contributed by atoms with E-state index in [1.165, 1.54) is 6.07 Å². The lowest BCUT2D eigenvalue weighted by Crippen LogP contribution is -2.31. The van der Waals surface area contributed by atoms with Gasteiger partial charge in [-0.2, -0.15) is 0 Å². The fourth-order valence-electron chi connectivity index (χ4n) is 3.27. The molecule has 0 radical (unpaired) electrons. The zero-order valence-electron chi connectivity index (χ0n) is 14.1. The van der Waals surface area contributed by atoms with Crippen LogP contribution in [0.3, 0.4) is 0 Å². The summed E-state index contributed by atoms with van der Waals surface area (Å²) < 4.78 is 5.03. The number of likely N-dealkylation sites (N-methyl/N-ethyl adjacent to an activating group) is 1. The Morgan fingerprint density at radius 3 is 2.80 bits per heavy atom. The van der Waals surface area contributed by atoms with Crippen molar-refractivity contribution in [1.82, 2.24) is 4.90 Å². The number of carbonyl (C=O) groups excluding carboxylic acids is 1. The summed E-state index contributed by atoms with van der Waals surface area (Å²) in [6.07, 6.45) is 0. The molecule has 0 spiro atoms. The summed E-state index contributed by atoms with van der Waals surface area (Å²) in [5.41, 5.74) is 3.17. The maximum atomic E-state index is 12.1. The smallest absolute Gasteiger partial charge is 0.341 e. The van der Waals surface area contributed by atoms with Gasteiger partial charge in [0.05, 0.1) is 6.61 Å². The number of phenolic OH excluding ortho intramolecular Hbond substituents is 1. The molecule has 1 N–H and O–H groups in total. The van der Waals surface area contributed by atoms with Crippen LogP contribution in [0.5, 0.6) is 5.75 Å². The first kappa shape index (κ1) is 18.1. The molecule has 0 saturated carbocycles. The Hall–Kier alpha value is -1.75. The van der Waals surface area contributed by atoms with Gasteiger partial charge in [-0.05, 0) is 54.9 Å². The summed E-state index contributed by atoms with van der Waals surface area (Å²) >= 11 is 12.6. The molecular weight excluding hydrogens is 361 g/mol. The molecule has 4 nitrogen and oxygen atoms in total. The highest BCUT2D eigenvalue weighted by Crippen LogP contribution is 2.39. The topological polar surface area (TPSA) is 49.8 Å². The molecule has 132 valence electrons. The van der Waals surface area contributed by atoms with Crippen molar-refractivity contribution in [3.05, 3.63) is 62.6 Å². The van der Waals surface area contributed by atoms with Crippen LogP contribution < -0.4 is 0 Å². The molecule has 1 heterocycles. The Balaban J connectivity index is 2.09. The van der Waals surface area contributed by atoms with Crippen LogP contribution in [0.2, 0.25) is 10.0 Å². The molecule has 0 bridgehead atoms. The van der Waals surface area contributed by atoms with Crippen LogP contribution in [0, 0.1) is 0 Å². The minimum absolute atomic E-state index is 0.00118. The maximum Gasteiger partial charge on any atom is 0.341 e. The van der Waals surface area contributed by atoms with Crippen molar-refractivity contribution in [3.8, 4) is 5.75 Å². The van der Waals surface area contributed by atoms with Gasteiger partial charge in [0, 0.05) is 29.1 Å². The molecule has 2 aromatic carbocycles. The summed E-state index contributed by atoms with van der Waals surface area (Å²) in [6, 6.07) is 8.72. The third kappa shape index (κ3) is 3.61. The molecule has 3 rings (SSSR count). The third-order valence-corrected chi connectivity index (χ3v) is 4.97. The van der Waals surface area contributed by atoms with Crippen molar-refractivity contribution in [2.24, 2.45) is 0 Å². The first-order valence-electron chi connectivity index (χ1n) is 8.07. The number of hydrogen-bond acceptors (Lipinski definition) is 4. The summed E-state index contributed by atoms with van der Waals surface area (Å²) in [5, 5.41) is 11.2. The van der Waals surface area contributed by atoms with Gasteiger partial charge in [-0.25, -0.2) is 4.79 Å². The molecule has 0 fully saturated rings. The van der Waals surface area contributed by atoms with Gasteiger partial charge in [-0.15, -0.1) is 0 Å². The summed E-state index contributed by atoms with van der Waals surface area (Å²) in [6.45, 7) is 3.49. The van der Waals surface area contributed by atoms with E-state index < -0.39 is 5.97 Å². The molecule has 0 amide bonds. The highest BCUT2D eigenvalue weighted by Gasteiger charge is 2.28. The number of nitrogens with zero attached hydrogens (tertiary/aromatic N) is 1. The van der Waals surface area contributed by atoms with E-state index in [0.29, 0.717) is 10.0 Å². The minimum atomic E-state index is -0.532. The van der Waals surface area contributed by atoms with Crippen molar-refractivity contribution in [2.45, 2.75) is 19.4 Å². The van der Waals surface area contributed by atoms with Crippen LogP contribution in [-0.2, 0) is 11.3 Å². The van der Waals surface area contributed by atoms with Crippen molar-refractivity contribution < 1.29 is 14.6 Å². The molecule has 1 atom stereocenters. The van der Waals surface area contributed by atoms with Gasteiger partial charge >= 0.3 is 5.97 Å². The molecule has 1 aliphatic heterocycles. The first-order chi connectivity index (χ1) is 11.9. The number of phenols is 1. The number of benzene rings is 2. The minimum Gasteiger partial charge on any atom is -0.507 e. The SMILES string of the molecule is CCOC(=O)c1cc(C2CN(C)Cc3c(Cl)cc(Cl)cc32)ccc1O. The van der Waals surface area contributed by atoms with Gasteiger partial charge < -0.3 is 14.7 Å². The Bertz CT molecular complexity index is 823. The summed E-state index contributed by atoms with van der Waals surface area (Å²) in [7, 11) is 2.02. The van der Waals surface area contributed by atoms with Gasteiger partial charge in [-0.1, -0.05) is 29.3 Å². The highest BCUT2D eigenvalue weighted by atomic mass is 35.5. The lowest BCUT2D eigenvalue weighted by Gasteiger charge is -2.33. The monoisotopic (exact) mass is 379 g/mol. The fraction of sp³-hybridized carbons (Fsp3) is 0.316. The summed E-state index contributed by atoms with van der Waals surface area (Å²) in [4.78, 5) is 14.3. The third-order valence-electron chi connectivity index (χ3n) is 4.41. The maximum absolute atomic E-state index is 12.1. The average molecular weight is 380 g/mol. The van der Waals surface area contributed by atoms with Crippen molar-refractivity contribution in [3.63, 3.8) is 0 Å². The lowest BCUT2D eigenvalue weighted by atomic mass is 9.84. The van der Waals surface area contributed by atoms with Gasteiger partial charge in [0.2, 0.25) is 0 Å². The lowest BCUT2D eigenvalue weighted by molar-refractivity contribution is 0.0523. The molecule has 0 aliphatic carbocycles. The normalized spacial score (nSPS) is 17.2.